The molecule has 0 bridgehead atoms. The number of ether oxygens (including phenoxy) is 13. The van der Waals surface area contributed by atoms with Crippen LogP contribution in [0.3, 0.4) is 0 Å². The topological polar surface area (TPSA) is 380 Å². The van der Waals surface area contributed by atoms with Crippen LogP contribution in [0.25, 0.3) is 0 Å². The molecule has 103 heavy (non-hydrogen) atoms. The molecule has 28 nitrogen and oxygen atoms in total. The molecule has 37 atom stereocenters. The molecule has 6 rings (SSSR count). The average molecular weight is 1480 g/mol. The maximum absolute atomic E-state index is 14.2. The van der Waals surface area contributed by atoms with E-state index in [4.69, 9.17) is 61.6 Å². The molecular formula is C75H138N2O26. The van der Waals surface area contributed by atoms with Gasteiger partial charge in [-0.05, 0) is 156 Å². The van der Waals surface area contributed by atoms with Gasteiger partial charge in [0, 0.05) is 75.8 Å². The number of likely N-dealkylation sites (N-methyl/N-ethyl adjacent to an activating group) is 2. The van der Waals surface area contributed by atoms with Gasteiger partial charge in [-0.25, -0.2) is 0 Å². The van der Waals surface area contributed by atoms with Crippen molar-refractivity contribution < 1.29 is 127 Å². The van der Waals surface area contributed by atoms with Crippen LogP contribution in [-0.2, 0) is 76.0 Å². The van der Waals surface area contributed by atoms with E-state index in [0.29, 0.717) is 12.8 Å². The molecule has 0 aliphatic carbocycles. The zero-order valence-corrected chi connectivity index (χ0v) is 67.0. The molecule has 6 fully saturated rings. The van der Waals surface area contributed by atoms with Crippen molar-refractivity contribution in [3.8, 4) is 0 Å². The van der Waals surface area contributed by atoms with E-state index in [2.05, 4.69) is 0 Å². The highest BCUT2D eigenvalue weighted by molar-refractivity contribution is 5.83. The Morgan fingerprint density at radius 1 is 0.447 bits per heavy atom. The molecule has 6 aliphatic rings. The Morgan fingerprint density at radius 2 is 0.816 bits per heavy atom. The molecule has 0 radical (unpaired) electrons. The van der Waals surface area contributed by atoms with Crippen LogP contribution in [0.2, 0.25) is 0 Å². The van der Waals surface area contributed by atoms with E-state index in [0.717, 1.165) is 0 Å². The molecule has 0 saturated carbocycles. The number of Topliss-reactive ketones (excluding diaryl/α,β-unsaturated/α-hetero) is 1. The average Bonchev–Trinajstić information content (AvgIpc) is 0.776. The van der Waals surface area contributed by atoms with E-state index in [1.807, 2.05) is 58.8 Å². The van der Waals surface area contributed by atoms with Crippen LogP contribution in [0.1, 0.15) is 190 Å². The summed E-state index contributed by atoms with van der Waals surface area (Å²) in [6, 6.07) is -0.593. The van der Waals surface area contributed by atoms with Crippen LogP contribution in [0.5, 0.6) is 0 Å². The summed E-state index contributed by atoms with van der Waals surface area (Å²) in [6.07, 6.45) is -19.2. The molecule has 6 aliphatic heterocycles. The van der Waals surface area contributed by atoms with E-state index in [1.165, 1.54) is 35.2 Å². The first kappa shape index (κ1) is 91.3. The number of ketones is 1. The fourth-order valence-electron chi connectivity index (χ4n) is 17.2. The van der Waals surface area contributed by atoms with E-state index >= 15 is 0 Å². The fourth-order valence-corrected chi connectivity index (χ4v) is 17.2. The highest BCUT2D eigenvalue weighted by Crippen LogP contribution is 2.45. The van der Waals surface area contributed by atoms with Gasteiger partial charge < -0.3 is 122 Å². The zero-order valence-electron chi connectivity index (χ0n) is 67.0. The third kappa shape index (κ3) is 20.6. The van der Waals surface area contributed by atoms with E-state index in [1.54, 1.807) is 104 Å². The van der Waals surface area contributed by atoms with Gasteiger partial charge in [-0.15, -0.1) is 0 Å². The number of aliphatic hydroxyl groups is 10. The van der Waals surface area contributed by atoms with Crippen LogP contribution in [0.4, 0.5) is 0 Å². The third-order valence-electron chi connectivity index (χ3n) is 24.3. The first-order chi connectivity index (χ1) is 47.4. The minimum atomic E-state index is -1.96. The lowest BCUT2D eigenvalue weighted by atomic mass is 9.73. The maximum Gasteiger partial charge on any atom is 0.311 e. The first-order valence-corrected chi connectivity index (χ1v) is 37.5. The Labute approximate surface area is 613 Å². The van der Waals surface area contributed by atoms with Crippen molar-refractivity contribution in [3.63, 3.8) is 0 Å². The lowest BCUT2D eigenvalue weighted by molar-refractivity contribution is -0.319. The van der Waals surface area contributed by atoms with Crippen LogP contribution in [0.15, 0.2) is 0 Å². The van der Waals surface area contributed by atoms with Gasteiger partial charge in [0.1, 0.15) is 53.6 Å². The quantitative estimate of drug-likeness (QED) is 0.104. The normalized spacial score (nSPS) is 50.1. The van der Waals surface area contributed by atoms with Crippen molar-refractivity contribution in [2.24, 2.45) is 47.3 Å². The SMILES string of the molecule is CC[C@H]1OC(=O)[C@H](C)[C@@H](O[C@H]2C[C@@](C)(OC)[C@@H](O)[C@H](C)O2)[C@H](C)[C@@H](O[C@@H]2O[C@H](C)C[C@H](N(C)C)[C@H]2O)[C@](C)(O)C[C@@H](C)C(O)[C@H](C)[C@@H](O)[C@]1(C)O.CC[C@H]1OC(=O)[C@H](C)[C@@H](O[C@H]2C[C@@](C)(OC)[C@@H](O)[C@H](C)O2)[C@H](C)[C@@H](O[C@@H]2O[C@H](C)C[C@H](N(C)C)[C@H]2O)[C@](C)(OC)C[C@@H](C)C(=O)[C@H](C)[C@@H](O)[C@]1(C)O. The first-order valence-electron chi connectivity index (χ1n) is 37.5. The number of carbonyl (C=O) groups excluding carboxylic acids is 3. The largest absolute Gasteiger partial charge is 0.459 e. The van der Waals surface area contributed by atoms with Crippen LogP contribution in [0, 0.1) is 47.3 Å². The van der Waals surface area contributed by atoms with Crippen LogP contribution < -0.4 is 0 Å². The molecule has 6 saturated heterocycles. The fraction of sp³-hybridized carbons (Fsp3) is 0.960. The van der Waals surface area contributed by atoms with Gasteiger partial charge in [0.15, 0.2) is 25.2 Å². The predicted molar refractivity (Wildman–Crippen MR) is 378 cm³/mol. The van der Waals surface area contributed by atoms with Crippen molar-refractivity contribution in [2.45, 2.75) is 364 Å². The molecule has 0 aromatic rings. The predicted octanol–water partition coefficient (Wildman–Crippen LogP) is 4.02. The molecule has 10 N–H and O–H groups in total. The lowest BCUT2D eigenvalue weighted by Gasteiger charge is -2.50. The van der Waals surface area contributed by atoms with Gasteiger partial charge in [-0.3, -0.25) is 14.4 Å². The molecule has 0 aromatic carbocycles. The minimum Gasteiger partial charge on any atom is -0.459 e. The Morgan fingerprint density at radius 3 is 1.18 bits per heavy atom. The van der Waals surface area contributed by atoms with E-state index < -0.39 is 210 Å². The Balaban J connectivity index is 0.000000371. The summed E-state index contributed by atoms with van der Waals surface area (Å²) in [5.41, 5.74) is -8.95. The molecule has 6 heterocycles. The number of hydrogen-bond acceptors (Lipinski definition) is 28. The number of methoxy groups -OCH3 is 3. The molecule has 0 amide bonds. The highest BCUT2D eigenvalue weighted by atomic mass is 16.7. The Hall–Kier alpha value is -2.31. The van der Waals surface area contributed by atoms with Crippen molar-refractivity contribution in [2.75, 3.05) is 49.5 Å². The summed E-state index contributed by atoms with van der Waals surface area (Å²) in [6.45, 7) is 33.8. The van der Waals surface area contributed by atoms with E-state index in [-0.39, 0.29) is 68.6 Å². The third-order valence-corrected chi connectivity index (χ3v) is 24.3. The summed E-state index contributed by atoms with van der Waals surface area (Å²) in [4.78, 5) is 46.1. The zero-order chi connectivity index (χ0) is 78.6. The molecule has 604 valence electrons. The number of hydrogen-bond donors (Lipinski definition) is 10. The number of cyclic esters (lactones) is 2. The number of esters is 2. The summed E-state index contributed by atoms with van der Waals surface area (Å²) in [7, 11) is 12.0. The highest BCUT2D eigenvalue weighted by Gasteiger charge is 2.57. The van der Waals surface area contributed by atoms with Gasteiger partial charge in [-0.1, -0.05) is 55.4 Å². The molecular weight excluding hydrogens is 1340 g/mol. The van der Waals surface area contributed by atoms with Gasteiger partial charge in [0.2, 0.25) is 0 Å². The second-order valence-corrected chi connectivity index (χ2v) is 33.3. The van der Waals surface area contributed by atoms with Gasteiger partial charge >= 0.3 is 11.9 Å². The van der Waals surface area contributed by atoms with Gasteiger partial charge in [0.05, 0.1) is 101 Å². The van der Waals surface area contributed by atoms with Gasteiger partial charge in [-0.2, -0.15) is 0 Å². The lowest BCUT2D eigenvalue weighted by Crippen LogP contribution is -2.61. The summed E-state index contributed by atoms with van der Waals surface area (Å²) < 4.78 is 81.0. The monoisotopic (exact) mass is 1480 g/mol. The van der Waals surface area contributed by atoms with Gasteiger partial charge in [0.25, 0.3) is 0 Å². The summed E-state index contributed by atoms with van der Waals surface area (Å²) in [5, 5.41) is 115. The van der Waals surface area contributed by atoms with Crippen molar-refractivity contribution in [1.82, 2.24) is 9.80 Å². The Kier molecular flexibility index (Phi) is 32.5. The summed E-state index contributed by atoms with van der Waals surface area (Å²) in [5.74, 6) is -8.58. The van der Waals surface area contributed by atoms with Crippen LogP contribution >= 0.6 is 0 Å². The van der Waals surface area contributed by atoms with Crippen molar-refractivity contribution >= 4 is 17.7 Å². The smallest absolute Gasteiger partial charge is 0.311 e. The molecule has 1 unspecified atom stereocenters. The van der Waals surface area contributed by atoms with E-state index in [9.17, 15) is 65.4 Å². The number of nitrogens with zero attached hydrogens (tertiary/aromatic N) is 2. The minimum absolute atomic E-state index is 0.0362. The number of carbonyl (C=O) groups is 3. The summed E-state index contributed by atoms with van der Waals surface area (Å²) >= 11 is 0. The van der Waals surface area contributed by atoms with Crippen LogP contribution in [-0.4, -0.2) is 303 Å². The molecule has 28 heteroatoms. The maximum atomic E-state index is 14.2. The van der Waals surface area contributed by atoms with Crippen molar-refractivity contribution in [1.29, 1.82) is 0 Å². The molecule has 0 aromatic heterocycles. The van der Waals surface area contributed by atoms with Crippen molar-refractivity contribution in [3.05, 3.63) is 0 Å². The Bertz CT molecular complexity index is 2660. The standard InChI is InChI=1S/C38H69NO13.C37H69NO13/c1-15-26-38(10,45)31(42)21(4)28(40)19(2)17-37(9,47-14)33(52-35-29(41)25(39(11)12)16-20(3)48-35)22(5)30(23(6)34(44)50-26)51-27-18-36(8,46-13)32(43)24(7)49-27;1-14-25-37(10,45)30(41)20(4)27(39)18(2)16-35(8,44)32(51-34-28(40)24(38(11)12)15-19(3)47-34)21(5)29(22(6)33(43)49-25)50-26-17-36(9,46-13)31(42)23(7)48-26/h19-27,29-33,35,41-43,45H,15-18H2,1-14H3;18-32,34,39-42,44-45H,14-17H2,1-13H3/t19-,20-,21+,22+,23-,24+,25+,26-,27+,29-,30+,31-,32+,33-,35+,36-,37-,38-;18-,19-,20+,21+,22-,23+,24+,25-,26+,27?,28-,29+,30-,31+,32-,34+,35-,36-,37-/m11/s1. The second-order valence-electron chi connectivity index (χ2n) is 33.3. The number of aliphatic hydroxyl groups excluding tert-OH is 7. The molecule has 0 spiro atoms. The number of rotatable bonds is 15. The second kappa shape index (κ2) is 36.7.